The minimum atomic E-state index is -0.537. The van der Waals surface area contributed by atoms with Crippen LogP contribution in [0.4, 0.5) is 0 Å². The van der Waals surface area contributed by atoms with Crippen molar-refractivity contribution in [2.45, 2.75) is 18.9 Å². The Bertz CT molecular complexity index is 231. The second-order valence-electron chi connectivity index (χ2n) is 2.75. The van der Waals surface area contributed by atoms with Crippen molar-refractivity contribution in [2.75, 3.05) is 0 Å². The van der Waals surface area contributed by atoms with Crippen LogP contribution in [0.5, 0.6) is 0 Å². The summed E-state index contributed by atoms with van der Waals surface area (Å²) in [6, 6.07) is 9.64. The second-order valence-corrected chi connectivity index (χ2v) is 2.75. The van der Waals surface area contributed by atoms with E-state index >= 15 is 0 Å². The fourth-order valence-corrected chi connectivity index (χ4v) is 1.08. The van der Waals surface area contributed by atoms with E-state index in [4.69, 9.17) is 0 Å². The van der Waals surface area contributed by atoms with Gasteiger partial charge in [0.05, 0.1) is 6.10 Å². The monoisotopic (exact) mass is 164 g/mol. The molecular weight excluding hydrogens is 152 g/mol. The molecule has 0 heterocycles. The number of benzene rings is 1. The maximum absolute atomic E-state index is 10.0. The highest BCUT2D eigenvalue weighted by molar-refractivity contribution is 5.50. The van der Waals surface area contributed by atoms with E-state index in [1.54, 1.807) is 0 Å². The number of rotatable bonds is 4. The Morgan fingerprint density at radius 2 is 2.00 bits per heavy atom. The van der Waals surface area contributed by atoms with Crippen LogP contribution in [0.2, 0.25) is 0 Å². The van der Waals surface area contributed by atoms with Gasteiger partial charge in [-0.3, -0.25) is 0 Å². The highest BCUT2D eigenvalue weighted by Gasteiger charge is 2.03. The predicted octanol–water partition coefficient (Wildman–Crippen LogP) is 1.18. The predicted molar refractivity (Wildman–Crippen MR) is 46.8 cm³/mol. The van der Waals surface area contributed by atoms with Crippen LogP contribution in [0.1, 0.15) is 12.0 Å². The average Bonchev–Trinajstić information content (AvgIpc) is 2.06. The average molecular weight is 164 g/mol. The lowest BCUT2D eigenvalue weighted by atomic mass is 10.1. The zero-order valence-electron chi connectivity index (χ0n) is 6.81. The fourth-order valence-electron chi connectivity index (χ4n) is 1.08. The number of aliphatic hydroxyl groups is 1. The third-order valence-corrected chi connectivity index (χ3v) is 1.68. The molecule has 0 unspecified atom stereocenters. The molecule has 2 nitrogen and oxygen atoms in total. The van der Waals surface area contributed by atoms with Gasteiger partial charge in [0.1, 0.15) is 6.29 Å². The van der Waals surface area contributed by atoms with E-state index in [0.29, 0.717) is 6.42 Å². The Labute approximate surface area is 71.8 Å². The summed E-state index contributed by atoms with van der Waals surface area (Å²) in [6.45, 7) is 0. The molecule has 1 atom stereocenters. The van der Waals surface area contributed by atoms with Gasteiger partial charge in [0.2, 0.25) is 0 Å². The summed E-state index contributed by atoms with van der Waals surface area (Å²) in [4.78, 5) is 10.0. The Kier molecular flexibility index (Phi) is 3.48. The van der Waals surface area contributed by atoms with Crippen molar-refractivity contribution in [1.29, 1.82) is 0 Å². The molecule has 0 aliphatic heterocycles. The largest absolute Gasteiger partial charge is 0.392 e. The fraction of sp³-hybridized carbons (Fsp3) is 0.300. The van der Waals surface area contributed by atoms with Crippen LogP contribution in [0.15, 0.2) is 30.3 Å². The number of carbonyl (C=O) groups excluding carboxylic acids is 1. The molecule has 1 aromatic carbocycles. The van der Waals surface area contributed by atoms with Crippen LogP contribution in [0, 0.1) is 0 Å². The van der Waals surface area contributed by atoms with Crippen LogP contribution in [-0.2, 0) is 11.2 Å². The Balaban J connectivity index is 2.46. The van der Waals surface area contributed by atoms with E-state index < -0.39 is 6.10 Å². The van der Waals surface area contributed by atoms with Crippen molar-refractivity contribution in [3.05, 3.63) is 35.9 Å². The molecule has 0 saturated carbocycles. The van der Waals surface area contributed by atoms with E-state index in [-0.39, 0.29) is 6.42 Å². The summed E-state index contributed by atoms with van der Waals surface area (Å²) >= 11 is 0. The summed E-state index contributed by atoms with van der Waals surface area (Å²) in [7, 11) is 0. The molecule has 0 aliphatic carbocycles. The van der Waals surface area contributed by atoms with Crippen molar-refractivity contribution in [2.24, 2.45) is 0 Å². The van der Waals surface area contributed by atoms with Gasteiger partial charge in [-0.25, -0.2) is 0 Å². The minimum absolute atomic E-state index is 0.217. The van der Waals surface area contributed by atoms with E-state index in [0.717, 1.165) is 11.8 Å². The molecule has 0 radical (unpaired) electrons. The molecule has 1 N–H and O–H groups in total. The Hall–Kier alpha value is -1.15. The zero-order valence-corrected chi connectivity index (χ0v) is 6.81. The number of hydrogen-bond acceptors (Lipinski definition) is 2. The van der Waals surface area contributed by atoms with Crippen LogP contribution in [0.25, 0.3) is 0 Å². The minimum Gasteiger partial charge on any atom is -0.392 e. The number of hydrogen-bond donors (Lipinski definition) is 1. The standard InChI is InChI=1S/C10H12O2/c11-7-6-10(12)8-9-4-2-1-3-5-9/h1-5,7,10,12H,6,8H2/t10-/m0/s1. The van der Waals surface area contributed by atoms with Crippen LogP contribution in [-0.4, -0.2) is 17.5 Å². The molecule has 0 saturated heterocycles. The normalized spacial score (nSPS) is 12.4. The van der Waals surface area contributed by atoms with Gasteiger partial charge in [-0.15, -0.1) is 0 Å². The zero-order chi connectivity index (χ0) is 8.81. The molecule has 12 heavy (non-hydrogen) atoms. The van der Waals surface area contributed by atoms with Crippen molar-refractivity contribution < 1.29 is 9.90 Å². The molecule has 1 aromatic rings. The maximum atomic E-state index is 10.0. The SMILES string of the molecule is O=CC[C@H](O)Cc1ccccc1. The molecule has 0 aromatic heterocycles. The van der Waals surface area contributed by atoms with Crippen LogP contribution in [0.3, 0.4) is 0 Å². The highest BCUT2D eigenvalue weighted by atomic mass is 16.3. The molecule has 0 spiro atoms. The first-order valence-corrected chi connectivity index (χ1v) is 3.98. The molecule has 1 rings (SSSR count). The summed E-state index contributed by atoms with van der Waals surface area (Å²) in [6.07, 6.45) is 0.979. The summed E-state index contributed by atoms with van der Waals surface area (Å²) in [5, 5.41) is 9.27. The van der Waals surface area contributed by atoms with Gasteiger partial charge < -0.3 is 9.90 Å². The van der Waals surface area contributed by atoms with Gasteiger partial charge in [-0.2, -0.15) is 0 Å². The van der Waals surface area contributed by atoms with Gasteiger partial charge in [0.15, 0.2) is 0 Å². The number of carbonyl (C=O) groups is 1. The topological polar surface area (TPSA) is 37.3 Å². The Morgan fingerprint density at radius 3 is 2.58 bits per heavy atom. The first-order chi connectivity index (χ1) is 5.83. The lowest BCUT2D eigenvalue weighted by Crippen LogP contribution is -2.10. The lowest BCUT2D eigenvalue weighted by Gasteiger charge is -2.05. The highest BCUT2D eigenvalue weighted by Crippen LogP contribution is 2.03. The molecular formula is C10H12O2. The van der Waals surface area contributed by atoms with Gasteiger partial charge in [0.25, 0.3) is 0 Å². The smallest absolute Gasteiger partial charge is 0.122 e. The van der Waals surface area contributed by atoms with Gasteiger partial charge in [-0.05, 0) is 12.0 Å². The van der Waals surface area contributed by atoms with Gasteiger partial charge in [0, 0.05) is 6.42 Å². The second kappa shape index (κ2) is 4.67. The van der Waals surface area contributed by atoms with Crippen molar-refractivity contribution in [1.82, 2.24) is 0 Å². The van der Waals surface area contributed by atoms with Crippen LogP contribution >= 0.6 is 0 Å². The molecule has 64 valence electrons. The molecule has 0 aliphatic rings. The third-order valence-electron chi connectivity index (χ3n) is 1.68. The van der Waals surface area contributed by atoms with E-state index in [9.17, 15) is 9.90 Å². The van der Waals surface area contributed by atoms with Crippen molar-refractivity contribution in [3.63, 3.8) is 0 Å². The first kappa shape index (κ1) is 8.94. The number of aliphatic hydroxyl groups excluding tert-OH is 1. The molecule has 0 amide bonds. The molecule has 0 bridgehead atoms. The summed E-state index contributed by atoms with van der Waals surface area (Å²) in [5.41, 5.74) is 1.06. The third kappa shape index (κ3) is 2.84. The van der Waals surface area contributed by atoms with E-state index in [1.165, 1.54) is 0 Å². The van der Waals surface area contributed by atoms with E-state index in [1.807, 2.05) is 30.3 Å². The summed E-state index contributed by atoms with van der Waals surface area (Å²) in [5.74, 6) is 0. The molecule has 0 fully saturated rings. The van der Waals surface area contributed by atoms with E-state index in [2.05, 4.69) is 0 Å². The van der Waals surface area contributed by atoms with Gasteiger partial charge >= 0.3 is 0 Å². The van der Waals surface area contributed by atoms with Crippen molar-refractivity contribution >= 4 is 6.29 Å². The Morgan fingerprint density at radius 1 is 1.33 bits per heavy atom. The number of aldehydes is 1. The summed E-state index contributed by atoms with van der Waals surface area (Å²) < 4.78 is 0. The maximum Gasteiger partial charge on any atom is 0.122 e. The quantitative estimate of drug-likeness (QED) is 0.678. The lowest BCUT2D eigenvalue weighted by molar-refractivity contribution is -0.109. The van der Waals surface area contributed by atoms with Gasteiger partial charge in [-0.1, -0.05) is 30.3 Å². The van der Waals surface area contributed by atoms with Crippen molar-refractivity contribution in [3.8, 4) is 0 Å². The first-order valence-electron chi connectivity index (χ1n) is 3.98. The van der Waals surface area contributed by atoms with Crippen LogP contribution < -0.4 is 0 Å². The molecule has 2 heteroatoms.